The number of hydrogen-bond acceptors (Lipinski definition) is 2. The summed E-state index contributed by atoms with van der Waals surface area (Å²) in [5.41, 5.74) is -0.0350. The summed E-state index contributed by atoms with van der Waals surface area (Å²) in [5.74, 6) is 1.10. The summed E-state index contributed by atoms with van der Waals surface area (Å²) >= 11 is 6.08. The van der Waals surface area contributed by atoms with E-state index in [4.69, 9.17) is 11.6 Å². The first kappa shape index (κ1) is 12.5. The SMILES string of the molecule is CC(Cl)C(C)(C)NCCc1nccn1C. The Morgan fingerprint density at radius 2 is 2.27 bits per heavy atom. The van der Waals surface area contributed by atoms with Crippen LogP contribution in [0, 0.1) is 0 Å². The zero-order valence-electron chi connectivity index (χ0n) is 9.92. The molecule has 0 aliphatic carbocycles. The van der Waals surface area contributed by atoms with E-state index in [9.17, 15) is 0 Å². The number of imidazole rings is 1. The first-order valence-corrected chi connectivity index (χ1v) is 5.72. The standard InChI is InChI=1S/C11H20ClN3/c1-9(12)11(2,3)14-6-5-10-13-7-8-15(10)4/h7-9,14H,5-6H2,1-4H3. The minimum Gasteiger partial charge on any atom is -0.338 e. The van der Waals surface area contributed by atoms with E-state index in [1.807, 2.05) is 30.9 Å². The van der Waals surface area contributed by atoms with Crippen molar-refractivity contribution in [1.29, 1.82) is 0 Å². The van der Waals surface area contributed by atoms with Gasteiger partial charge in [-0.15, -0.1) is 11.6 Å². The van der Waals surface area contributed by atoms with Gasteiger partial charge in [-0.05, 0) is 20.8 Å². The molecule has 15 heavy (non-hydrogen) atoms. The van der Waals surface area contributed by atoms with Crippen molar-refractivity contribution in [2.24, 2.45) is 7.05 Å². The van der Waals surface area contributed by atoms with Crippen molar-refractivity contribution in [3.63, 3.8) is 0 Å². The normalized spacial score (nSPS) is 14.2. The van der Waals surface area contributed by atoms with E-state index in [2.05, 4.69) is 24.1 Å². The second kappa shape index (κ2) is 4.99. The predicted molar refractivity (Wildman–Crippen MR) is 64.3 cm³/mol. The minimum absolute atomic E-state index is 0.0350. The molecule has 0 aliphatic heterocycles. The number of halogens is 1. The number of aromatic nitrogens is 2. The van der Waals surface area contributed by atoms with Crippen LogP contribution in [0.2, 0.25) is 0 Å². The molecular formula is C11H20ClN3. The van der Waals surface area contributed by atoms with Crippen LogP contribution in [0.5, 0.6) is 0 Å². The molecule has 0 amide bonds. The van der Waals surface area contributed by atoms with E-state index in [1.165, 1.54) is 0 Å². The molecule has 3 nitrogen and oxygen atoms in total. The van der Waals surface area contributed by atoms with E-state index in [1.54, 1.807) is 0 Å². The quantitative estimate of drug-likeness (QED) is 0.783. The van der Waals surface area contributed by atoms with Crippen molar-refractivity contribution in [1.82, 2.24) is 14.9 Å². The molecule has 4 heteroatoms. The van der Waals surface area contributed by atoms with E-state index < -0.39 is 0 Å². The van der Waals surface area contributed by atoms with Gasteiger partial charge in [-0.2, -0.15) is 0 Å². The van der Waals surface area contributed by atoms with Gasteiger partial charge < -0.3 is 9.88 Å². The summed E-state index contributed by atoms with van der Waals surface area (Å²) in [7, 11) is 2.01. The van der Waals surface area contributed by atoms with Crippen molar-refractivity contribution in [2.75, 3.05) is 6.54 Å². The molecule has 0 saturated heterocycles. The van der Waals surface area contributed by atoms with Gasteiger partial charge in [0.2, 0.25) is 0 Å². The van der Waals surface area contributed by atoms with Crippen LogP contribution in [0.15, 0.2) is 12.4 Å². The monoisotopic (exact) mass is 229 g/mol. The average Bonchev–Trinajstić information content (AvgIpc) is 2.51. The summed E-state index contributed by atoms with van der Waals surface area (Å²) in [4.78, 5) is 4.27. The Kier molecular flexibility index (Phi) is 4.17. The van der Waals surface area contributed by atoms with Crippen LogP contribution in [0.25, 0.3) is 0 Å². The van der Waals surface area contributed by atoms with Gasteiger partial charge in [0.15, 0.2) is 0 Å². The minimum atomic E-state index is -0.0350. The van der Waals surface area contributed by atoms with Crippen molar-refractivity contribution in [3.8, 4) is 0 Å². The molecule has 1 aromatic heterocycles. The molecule has 1 aromatic rings. The molecule has 1 N–H and O–H groups in total. The topological polar surface area (TPSA) is 29.9 Å². The molecule has 1 heterocycles. The Bertz CT molecular complexity index is 305. The number of rotatable bonds is 5. The van der Waals surface area contributed by atoms with Gasteiger partial charge in [0.1, 0.15) is 5.82 Å². The van der Waals surface area contributed by atoms with E-state index >= 15 is 0 Å². The van der Waals surface area contributed by atoms with Gasteiger partial charge >= 0.3 is 0 Å². The zero-order chi connectivity index (χ0) is 11.5. The molecule has 0 radical (unpaired) electrons. The predicted octanol–water partition coefficient (Wildman–Crippen LogP) is 1.96. The summed E-state index contributed by atoms with van der Waals surface area (Å²) in [6.45, 7) is 7.14. The highest BCUT2D eigenvalue weighted by Gasteiger charge is 2.22. The van der Waals surface area contributed by atoms with Gasteiger partial charge in [0.05, 0.1) is 0 Å². The summed E-state index contributed by atoms with van der Waals surface area (Å²) in [5, 5.41) is 3.55. The molecule has 0 spiro atoms. The van der Waals surface area contributed by atoms with E-state index in [-0.39, 0.29) is 10.9 Å². The van der Waals surface area contributed by atoms with Crippen molar-refractivity contribution >= 4 is 11.6 Å². The molecule has 86 valence electrons. The Balaban J connectivity index is 2.37. The third kappa shape index (κ3) is 3.50. The lowest BCUT2D eigenvalue weighted by Gasteiger charge is -2.29. The number of nitrogens with zero attached hydrogens (tertiary/aromatic N) is 2. The largest absolute Gasteiger partial charge is 0.338 e. The van der Waals surface area contributed by atoms with Crippen LogP contribution >= 0.6 is 11.6 Å². The Labute approximate surface area is 96.8 Å². The van der Waals surface area contributed by atoms with Crippen molar-refractivity contribution in [3.05, 3.63) is 18.2 Å². The molecule has 0 fully saturated rings. The third-order valence-electron chi connectivity index (χ3n) is 2.84. The maximum absolute atomic E-state index is 6.08. The Morgan fingerprint density at radius 3 is 2.73 bits per heavy atom. The smallest absolute Gasteiger partial charge is 0.109 e. The zero-order valence-corrected chi connectivity index (χ0v) is 10.7. The average molecular weight is 230 g/mol. The fourth-order valence-corrected chi connectivity index (χ4v) is 1.35. The number of hydrogen-bond donors (Lipinski definition) is 1. The van der Waals surface area contributed by atoms with Gasteiger partial charge in [-0.3, -0.25) is 0 Å². The van der Waals surface area contributed by atoms with Crippen LogP contribution in [-0.2, 0) is 13.5 Å². The van der Waals surface area contributed by atoms with Gasteiger partial charge in [-0.25, -0.2) is 4.98 Å². The lowest BCUT2D eigenvalue weighted by Crippen LogP contribution is -2.46. The van der Waals surface area contributed by atoms with Gasteiger partial charge in [0.25, 0.3) is 0 Å². The number of nitrogens with one attached hydrogen (secondary N) is 1. The van der Waals surface area contributed by atoms with E-state index in [0.717, 1.165) is 18.8 Å². The second-order valence-corrected chi connectivity index (χ2v) is 5.12. The fourth-order valence-electron chi connectivity index (χ4n) is 1.27. The lowest BCUT2D eigenvalue weighted by molar-refractivity contribution is 0.383. The molecule has 0 bridgehead atoms. The fraction of sp³-hybridized carbons (Fsp3) is 0.727. The summed E-state index contributed by atoms with van der Waals surface area (Å²) in [6, 6.07) is 0. The van der Waals surface area contributed by atoms with Crippen LogP contribution in [0.1, 0.15) is 26.6 Å². The highest BCUT2D eigenvalue weighted by Crippen LogP contribution is 2.14. The van der Waals surface area contributed by atoms with Gasteiger partial charge in [-0.1, -0.05) is 0 Å². The Morgan fingerprint density at radius 1 is 1.60 bits per heavy atom. The summed E-state index contributed by atoms with van der Waals surface area (Å²) in [6.07, 6.45) is 4.71. The summed E-state index contributed by atoms with van der Waals surface area (Å²) < 4.78 is 2.04. The molecule has 0 aliphatic rings. The lowest BCUT2D eigenvalue weighted by atomic mass is 10.0. The van der Waals surface area contributed by atoms with Crippen molar-refractivity contribution < 1.29 is 0 Å². The van der Waals surface area contributed by atoms with Crippen molar-refractivity contribution in [2.45, 2.75) is 38.1 Å². The molecule has 1 unspecified atom stereocenters. The van der Waals surface area contributed by atoms with E-state index in [0.29, 0.717) is 0 Å². The number of aryl methyl sites for hydroxylation is 1. The molecule has 1 rings (SSSR count). The first-order valence-electron chi connectivity index (χ1n) is 5.29. The first-order chi connectivity index (χ1) is 6.93. The Hall–Kier alpha value is -0.540. The maximum atomic E-state index is 6.08. The van der Waals surface area contributed by atoms with Crippen LogP contribution in [0.3, 0.4) is 0 Å². The highest BCUT2D eigenvalue weighted by molar-refractivity contribution is 6.21. The molecular weight excluding hydrogens is 210 g/mol. The highest BCUT2D eigenvalue weighted by atomic mass is 35.5. The van der Waals surface area contributed by atoms with Gasteiger partial charge in [0, 0.05) is 43.3 Å². The second-order valence-electron chi connectivity index (χ2n) is 4.47. The third-order valence-corrected chi connectivity index (χ3v) is 3.39. The molecule has 0 saturated carbocycles. The maximum Gasteiger partial charge on any atom is 0.109 e. The van der Waals surface area contributed by atoms with Crippen LogP contribution in [0.4, 0.5) is 0 Å². The number of alkyl halides is 1. The molecule has 0 aromatic carbocycles. The molecule has 1 atom stereocenters. The van der Waals surface area contributed by atoms with Crippen LogP contribution < -0.4 is 5.32 Å². The van der Waals surface area contributed by atoms with Crippen LogP contribution in [-0.4, -0.2) is 27.0 Å².